The van der Waals surface area contributed by atoms with Gasteiger partial charge in [0.2, 0.25) is 0 Å². The van der Waals surface area contributed by atoms with Crippen molar-refractivity contribution < 1.29 is 0 Å². The zero-order valence-corrected chi connectivity index (χ0v) is 18.8. The molecule has 6 heteroatoms. The summed E-state index contributed by atoms with van der Waals surface area (Å²) in [5, 5.41) is 8.91. The first-order valence-electron chi connectivity index (χ1n) is 11.3. The minimum absolute atomic E-state index is 0.0612. The predicted molar refractivity (Wildman–Crippen MR) is 130 cm³/mol. The van der Waals surface area contributed by atoms with Gasteiger partial charge in [-0.1, -0.05) is 60.7 Å². The highest BCUT2D eigenvalue weighted by molar-refractivity contribution is 7.80. The molecule has 6 rings (SSSR count). The van der Waals surface area contributed by atoms with E-state index in [2.05, 4.69) is 75.1 Å². The van der Waals surface area contributed by atoms with E-state index in [0.29, 0.717) is 11.0 Å². The Labute approximate surface area is 190 Å². The minimum atomic E-state index is 0.0612. The SMILES string of the molecule is S=C(NCCc1ccccc1)N/N=C1\C2CN3CCN(C2)CC1(Cc1ccccc1)C3. The molecule has 0 saturated carbocycles. The van der Waals surface area contributed by atoms with Gasteiger partial charge in [0, 0.05) is 57.1 Å². The van der Waals surface area contributed by atoms with Crippen LogP contribution in [0.3, 0.4) is 0 Å². The van der Waals surface area contributed by atoms with Crippen LogP contribution in [-0.2, 0) is 12.8 Å². The molecule has 2 atom stereocenters. The van der Waals surface area contributed by atoms with Crippen LogP contribution in [0.2, 0.25) is 0 Å². The fraction of sp³-hybridized carbons (Fsp3) is 0.440. The normalized spacial score (nSPS) is 30.2. The number of piperidine rings is 2. The Kier molecular flexibility index (Phi) is 6.03. The van der Waals surface area contributed by atoms with Crippen LogP contribution in [-0.4, -0.2) is 66.4 Å². The summed E-state index contributed by atoms with van der Waals surface area (Å²) in [6, 6.07) is 21.4. The van der Waals surface area contributed by atoms with Gasteiger partial charge in [-0.05, 0) is 36.2 Å². The van der Waals surface area contributed by atoms with Crippen LogP contribution in [0.1, 0.15) is 11.1 Å². The molecular weight excluding hydrogens is 402 g/mol. The monoisotopic (exact) mass is 433 g/mol. The van der Waals surface area contributed by atoms with Crippen LogP contribution in [0.15, 0.2) is 65.8 Å². The second-order valence-corrected chi connectivity index (χ2v) is 9.62. The topological polar surface area (TPSA) is 42.9 Å². The van der Waals surface area contributed by atoms with Gasteiger partial charge >= 0.3 is 0 Å². The third-order valence-electron chi connectivity index (χ3n) is 6.88. The van der Waals surface area contributed by atoms with Gasteiger partial charge in [-0.3, -0.25) is 5.43 Å². The smallest absolute Gasteiger partial charge is 0.186 e. The summed E-state index contributed by atoms with van der Waals surface area (Å²) in [5.74, 6) is 0.480. The molecule has 2 unspecified atom stereocenters. The van der Waals surface area contributed by atoms with Gasteiger partial charge in [-0.2, -0.15) is 5.10 Å². The molecule has 4 heterocycles. The fourth-order valence-corrected chi connectivity index (χ4v) is 5.77. The molecule has 0 radical (unpaired) electrons. The third-order valence-corrected chi connectivity index (χ3v) is 7.11. The number of hydrazone groups is 1. The highest BCUT2D eigenvalue weighted by atomic mass is 32.1. The van der Waals surface area contributed by atoms with Crippen molar-refractivity contribution in [1.29, 1.82) is 0 Å². The Hall–Kier alpha value is -2.28. The summed E-state index contributed by atoms with van der Waals surface area (Å²) in [4.78, 5) is 5.30. The molecule has 0 amide bonds. The first-order chi connectivity index (χ1) is 15.2. The first-order valence-corrected chi connectivity index (χ1v) is 11.8. The van der Waals surface area contributed by atoms with Crippen LogP contribution >= 0.6 is 12.2 Å². The van der Waals surface area contributed by atoms with Crippen LogP contribution in [0.25, 0.3) is 0 Å². The molecule has 2 N–H and O–H groups in total. The van der Waals surface area contributed by atoms with E-state index >= 15 is 0 Å². The van der Waals surface area contributed by atoms with Gasteiger partial charge in [-0.15, -0.1) is 0 Å². The number of nitrogens with zero attached hydrogens (tertiary/aromatic N) is 3. The van der Waals surface area contributed by atoms with Crippen molar-refractivity contribution in [3.63, 3.8) is 0 Å². The maximum atomic E-state index is 5.54. The Morgan fingerprint density at radius 1 is 0.935 bits per heavy atom. The summed E-state index contributed by atoms with van der Waals surface area (Å²) in [6.07, 6.45) is 1.98. The van der Waals surface area contributed by atoms with Crippen LogP contribution in [0, 0.1) is 11.3 Å². The standard InChI is InChI=1S/C25H31N5S/c31-24(26-12-11-20-7-3-1-4-8-20)28-27-23-22-16-29-13-14-30(17-22)19-25(23,18-29)15-21-9-5-2-6-10-21/h1-10,22H,11-19H2,(H2,26,28,31)/b27-23+. The van der Waals surface area contributed by atoms with E-state index < -0.39 is 0 Å². The maximum absolute atomic E-state index is 5.54. The van der Waals surface area contributed by atoms with Gasteiger partial charge in [0.25, 0.3) is 0 Å². The Morgan fingerprint density at radius 2 is 1.55 bits per heavy atom. The van der Waals surface area contributed by atoms with Gasteiger partial charge in [0.05, 0.1) is 5.71 Å². The number of fused-ring (bicyclic) bond motifs is 1. The zero-order valence-electron chi connectivity index (χ0n) is 18.0. The Morgan fingerprint density at radius 3 is 2.19 bits per heavy atom. The number of benzene rings is 2. The molecule has 2 aromatic rings. The van der Waals surface area contributed by atoms with E-state index in [1.54, 1.807) is 0 Å². The molecule has 2 aromatic carbocycles. The summed E-state index contributed by atoms with van der Waals surface area (Å²) in [6.45, 7) is 7.55. The molecule has 0 aromatic heterocycles. The lowest BCUT2D eigenvalue weighted by atomic mass is 9.67. The third kappa shape index (κ3) is 4.66. The molecule has 4 aliphatic heterocycles. The number of hydrogen-bond acceptors (Lipinski definition) is 4. The van der Waals surface area contributed by atoms with Crippen LogP contribution in [0.5, 0.6) is 0 Å². The molecule has 4 bridgehead atoms. The second kappa shape index (κ2) is 9.07. The quantitative estimate of drug-likeness (QED) is 0.541. The molecule has 31 heavy (non-hydrogen) atoms. The average molecular weight is 434 g/mol. The molecule has 0 aliphatic carbocycles. The molecule has 162 valence electrons. The predicted octanol–water partition coefficient (Wildman–Crippen LogP) is 2.54. The van der Waals surface area contributed by atoms with Crippen molar-refractivity contribution in [2.45, 2.75) is 12.8 Å². The van der Waals surface area contributed by atoms with Crippen molar-refractivity contribution in [2.24, 2.45) is 16.4 Å². The first kappa shape index (κ1) is 20.6. The lowest BCUT2D eigenvalue weighted by Crippen LogP contribution is -2.62. The highest BCUT2D eigenvalue weighted by Gasteiger charge is 2.52. The lowest BCUT2D eigenvalue weighted by Gasteiger charge is -2.50. The lowest BCUT2D eigenvalue weighted by molar-refractivity contribution is 0.117. The molecule has 4 fully saturated rings. The van der Waals surface area contributed by atoms with Crippen molar-refractivity contribution in [2.75, 3.05) is 45.8 Å². The Balaban J connectivity index is 1.29. The molecule has 5 nitrogen and oxygen atoms in total. The fourth-order valence-electron chi connectivity index (χ4n) is 5.62. The van der Waals surface area contributed by atoms with E-state index in [0.717, 1.165) is 45.6 Å². The van der Waals surface area contributed by atoms with Crippen LogP contribution in [0.4, 0.5) is 0 Å². The molecule has 4 aliphatic rings. The largest absolute Gasteiger partial charge is 0.361 e. The summed E-state index contributed by atoms with van der Waals surface area (Å²) >= 11 is 5.54. The molecule has 0 spiro atoms. The van der Waals surface area contributed by atoms with E-state index in [1.165, 1.54) is 29.9 Å². The van der Waals surface area contributed by atoms with Crippen LogP contribution < -0.4 is 10.7 Å². The highest BCUT2D eigenvalue weighted by Crippen LogP contribution is 2.40. The minimum Gasteiger partial charge on any atom is -0.361 e. The second-order valence-electron chi connectivity index (χ2n) is 9.21. The van der Waals surface area contributed by atoms with Gasteiger partial charge in [0.1, 0.15) is 0 Å². The zero-order chi connectivity index (χ0) is 21.1. The summed E-state index contributed by atoms with van der Waals surface area (Å²) < 4.78 is 0. The van der Waals surface area contributed by atoms with Gasteiger partial charge in [-0.25, -0.2) is 0 Å². The average Bonchev–Trinajstić information content (AvgIpc) is 3.02. The van der Waals surface area contributed by atoms with E-state index in [1.807, 2.05) is 6.07 Å². The van der Waals surface area contributed by atoms with Crippen molar-refractivity contribution >= 4 is 23.0 Å². The van der Waals surface area contributed by atoms with E-state index in [9.17, 15) is 0 Å². The number of hydrogen-bond donors (Lipinski definition) is 2. The summed E-state index contributed by atoms with van der Waals surface area (Å²) in [7, 11) is 0. The van der Waals surface area contributed by atoms with E-state index in [-0.39, 0.29) is 5.41 Å². The Bertz CT molecular complexity index is 913. The van der Waals surface area contributed by atoms with Crippen molar-refractivity contribution in [3.05, 3.63) is 71.8 Å². The van der Waals surface area contributed by atoms with Gasteiger partial charge < -0.3 is 15.1 Å². The van der Waals surface area contributed by atoms with E-state index in [4.69, 9.17) is 17.3 Å². The van der Waals surface area contributed by atoms with Gasteiger partial charge in [0.15, 0.2) is 5.11 Å². The number of nitrogens with one attached hydrogen (secondary N) is 2. The van der Waals surface area contributed by atoms with Crippen molar-refractivity contribution in [1.82, 2.24) is 20.5 Å². The molecule has 4 saturated heterocycles. The maximum Gasteiger partial charge on any atom is 0.186 e. The summed E-state index contributed by atoms with van der Waals surface area (Å²) in [5.41, 5.74) is 7.28. The van der Waals surface area contributed by atoms with Crippen molar-refractivity contribution in [3.8, 4) is 0 Å². The number of rotatable bonds is 6. The molecular formula is C25H31N5S. The number of thiocarbonyl (C=S) groups is 1.